The Morgan fingerprint density at radius 2 is 1.72 bits per heavy atom. The zero-order valence-electron chi connectivity index (χ0n) is 18.5. The lowest BCUT2D eigenvalue weighted by atomic mass is 10.1. The van der Waals surface area contributed by atoms with Gasteiger partial charge >= 0.3 is 11.9 Å². The summed E-state index contributed by atoms with van der Waals surface area (Å²) >= 11 is 11.8. The van der Waals surface area contributed by atoms with Gasteiger partial charge in [-0.3, -0.25) is 19.7 Å². The number of rotatable bonds is 11. The first-order valence-electron chi connectivity index (χ1n) is 9.30. The fraction of sp³-hybridized carbons (Fsp3) is 0.211. The van der Waals surface area contributed by atoms with Crippen LogP contribution in [0.4, 0.5) is 22.7 Å². The number of anilines is 1. The van der Waals surface area contributed by atoms with E-state index < -0.39 is 41.1 Å². The van der Waals surface area contributed by atoms with Crippen molar-refractivity contribution >= 4 is 63.8 Å². The minimum Gasteiger partial charge on any atom is -0.480 e. The number of nitro groups is 1. The van der Waals surface area contributed by atoms with E-state index >= 15 is 0 Å². The van der Waals surface area contributed by atoms with Crippen molar-refractivity contribution in [2.24, 2.45) is 16.0 Å². The van der Waals surface area contributed by atoms with Crippen LogP contribution < -0.4 is 28.1 Å². The SMILES string of the molecule is N.N.NC(CCC(=O)Nc1ccc(/N=N/c2cc(Cl)c([N+](=O)[O-])cc2Cl)c(OCC(=O)O)c1)C(=O)O. The number of hydrogen-bond donors (Lipinski definition) is 6. The van der Waals surface area contributed by atoms with E-state index in [9.17, 15) is 24.5 Å². The molecule has 0 aromatic heterocycles. The molecule has 0 fully saturated rings. The molecular formula is C19H23Cl2N7O8. The Labute approximate surface area is 213 Å². The molecular weight excluding hydrogens is 525 g/mol. The lowest BCUT2D eigenvalue weighted by Gasteiger charge is -2.11. The molecule has 0 saturated carbocycles. The molecule has 2 aromatic rings. The summed E-state index contributed by atoms with van der Waals surface area (Å²) in [5.41, 5.74) is 5.22. The van der Waals surface area contributed by atoms with Crippen molar-refractivity contribution in [3.8, 4) is 5.75 Å². The number of carboxylic acids is 2. The molecule has 15 nitrogen and oxygen atoms in total. The van der Waals surface area contributed by atoms with Gasteiger partial charge in [0.25, 0.3) is 5.69 Å². The van der Waals surface area contributed by atoms with E-state index in [1.807, 2.05) is 0 Å². The Kier molecular flexibility index (Phi) is 12.9. The van der Waals surface area contributed by atoms with Gasteiger partial charge in [-0.2, -0.15) is 0 Å². The molecule has 196 valence electrons. The number of amides is 1. The Morgan fingerprint density at radius 1 is 1.08 bits per heavy atom. The average molecular weight is 548 g/mol. The highest BCUT2D eigenvalue weighted by atomic mass is 35.5. The van der Waals surface area contributed by atoms with Crippen LogP contribution in [0.3, 0.4) is 0 Å². The molecule has 0 spiro atoms. The molecule has 1 atom stereocenters. The summed E-state index contributed by atoms with van der Waals surface area (Å²) in [6, 6.07) is 5.02. The third-order valence-corrected chi connectivity index (χ3v) is 4.68. The van der Waals surface area contributed by atoms with Gasteiger partial charge in [-0.15, -0.1) is 10.2 Å². The molecule has 0 aliphatic rings. The fourth-order valence-electron chi connectivity index (χ4n) is 2.41. The van der Waals surface area contributed by atoms with Gasteiger partial charge in [0, 0.05) is 24.2 Å². The van der Waals surface area contributed by atoms with Crippen LogP contribution in [0.1, 0.15) is 12.8 Å². The van der Waals surface area contributed by atoms with Gasteiger partial charge in [-0.1, -0.05) is 23.2 Å². The normalized spacial score (nSPS) is 11.1. The number of ether oxygens (including phenoxy) is 1. The largest absolute Gasteiger partial charge is 0.480 e. The van der Waals surface area contributed by atoms with E-state index in [2.05, 4.69) is 15.5 Å². The van der Waals surface area contributed by atoms with Crippen molar-refractivity contribution in [1.29, 1.82) is 0 Å². The quantitative estimate of drug-likeness (QED) is 0.131. The Balaban J connectivity index is 0.00000612. The number of hydrogen-bond acceptors (Lipinski definition) is 11. The van der Waals surface area contributed by atoms with E-state index in [0.29, 0.717) is 0 Å². The smallest absolute Gasteiger partial charge is 0.341 e. The predicted molar refractivity (Wildman–Crippen MR) is 130 cm³/mol. The summed E-state index contributed by atoms with van der Waals surface area (Å²) < 4.78 is 5.19. The zero-order chi connectivity index (χ0) is 25.4. The third-order valence-electron chi connectivity index (χ3n) is 4.07. The zero-order valence-corrected chi connectivity index (χ0v) is 20.0. The summed E-state index contributed by atoms with van der Waals surface area (Å²) in [7, 11) is 0. The number of carboxylic acid groups (broad SMARTS) is 2. The standard InChI is InChI=1S/C19H17Cl2N5O8.2H3N/c20-10-7-15(26(32)33)11(21)6-14(10)25-24-13-3-1-9(5-16(13)34-8-18(28)29)23-17(27)4-2-12(22)19(30)31;;/h1,3,5-7,12H,2,4,8,22H2,(H,23,27)(H,28,29)(H,30,31);2*1H3/b25-24+;;. The number of benzene rings is 2. The molecule has 0 saturated heterocycles. The maximum Gasteiger partial charge on any atom is 0.341 e. The van der Waals surface area contributed by atoms with Gasteiger partial charge in [-0.25, -0.2) is 4.79 Å². The molecule has 0 heterocycles. The van der Waals surface area contributed by atoms with E-state index in [1.54, 1.807) is 0 Å². The number of nitro benzene ring substituents is 1. The molecule has 0 aliphatic heterocycles. The van der Waals surface area contributed by atoms with E-state index in [1.165, 1.54) is 18.2 Å². The van der Waals surface area contributed by atoms with E-state index in [4.69, 9.17) is 43.9 Å². The number of nitrogens with two attached hydrogens (primary N) is 1. The summed E-state index contributed by atoms with van der Waals surface area (Å²) in [4.78, 5) is 43.9. The van der Waals surface area contributed by atoms with Crippen LogP contribution in [0.2, 0.25) is 10.0 Å². The highest BCUT2D eigenvalue weighted by Crippen LogP contribution is 2.38. The molecule has 0 aliphatic carbocycles. The molecule has 1 unspecified atom stereocenters. The number of carbonyl (C=O) groups is 3. The summed E-state index contributed by atoms with van der Waals surface area (Å²) in [6.07, 6.45) is -0.256. The van der Waals surface area contributed by atoms with Gasteiger partial charge in [0.1, 0.15) is 28.2 Å². The first-order valence-corrected chi connectivity index (χ1v) is 10.1. The molecule has 0 radical (unpaired) electrons. The van der Waals surface area contributed by atoms with Crippen LogP contribution in [0.15, 0.2) is 40.6 Å². The number of aliphatic carboxylic acids is 2. The summed E-state index contributed by atoms with van der Waals surface area (Å²) in [5.74, 6) is -3.09. The molecule has 17 heteroatoms. The van der Waals surface area contributed by atoms with Gasteiger partial charge in [0.2, 0.25) is 5.91 Å². The number of carbonyl (C=O) groups excluding carboxylic acids is 1. The topological polar surface area (TPSA) is 277 Å². The second-order valence-corrected chi connectivity index (χ2v) is 7.42. The lowest BCUT2D eigenvalue weighted by Crippen LogP contribution is -2.31. The average Bonchev–Trinajstić information content (AvgIpc) is 2.76. The van der Waals surface area contributed by atoms with Crippen LogP contribution in [-0.4, -0.2) is 45.6 Å². The van der Waals surface area contributed by atoms with Gasteiger partial charge in [0.15, 0.2) is 6.61 Å². The number of halogens is 2. The van der Waals surface area contributed by atoms with E-state index in [0.717, 1.165) is 12.1 Å². The summed E-state index contributed by atoms with van der Waals surface area (Å²) in [5, 5.41) is 38.6. The molecule has 2 rings (SSSR count). The van der Waals surface area contributed by atoms with Crippen LogP contribution in [0.5, 0.6) is 5.75 Å². The molecule has 0 bridgehead atoms. The number of azo groups is 1. The number of nitrogens with one attached hydrogen (secondary N) is 1. The Morgan fingerprint density at radius 3 is 2.31 bits per heavy atom. The molecule has 1 amide bonds. The fourth-order valence-corrected chi connectivity index (χ4v) is 2.84. The van der Waals surface area contributed by atoms with Crippen LogP contribution in [-0.2, 0) is 14.4 Å². The van der Waals surface area contributed by atoms with Gasteiger partial charge in [0.05, 0.1) is 9.95 Å². The Bertz CT molecular complexity index is 1160. The molecule has 11 N–H and O–H groups in total. The molecule has 36 heavy (non-hydrogen) atoms. The van der Waals surface area contributed by atoms with Crippen molar-refractivity contribution in [2.75, 3.05) is 11.9 Å². The first-order chi connectivity index (χ1) is 16.0. The van der Waals surface area contributed by atoms with Crippen molar-refractivity contribution in [3.05, 3.63) is 50.5 Å². The third kappa shape index (κ3) is 9.40. The van der Waals surface area contributed by atoms with Gasteiger partial charge in [-0.05, 0) is 24.6 Å². The lowest BCUT2D eigenvalue weighted by molar-refractivity contribution is -0.384. The monoisotopic (exact) mass is 547 g/mol. The van der Waals surface area contributed by atoms with Crippen LogP contribution in [0, 0.1) is 10.1 Å². The summed E-state index contributed by atoms with van der Waals surface area (Å²) in [6.45, 7) is -0.725. The highest BCUT2D eigenvalue weighted by molar-refractivity contribution is 6.36. The molecule has 2 aromatic carbocycles. The number of nitrogens with zero attached hydrogens (tertiary/aromatic N) is 3. The second-order valence-electron chi connectivity index (χ2n) is 6.61. The van der Waals surface area contributed by atoms with Crippen LogP contribution >= 0.6 is 23.2 Å². The predicted octanol–water partition coefficient (Wildman–Crippen LogP) is 4.24. The van der Waals surface area contributed by atoms with Crippen molar-refractivity contribution in [1.82, 2.24) is 12.3 Å². The highest BCUT2D eigenvalue weighted by Gasteiger charge is 2.17. The Hall–Kier alpha value is -3.89. The maximum absolute atomic E-state index is 12.0. The second kappa shape index (κ2) is 14.5. The minimum atomic E-state index is -1.27. The van der Waals surface area contributed by atoms with Crippen molar-refractivity contribution < 1.29 is 34.3 Å². The van der Waals surface area contributed by atoms with E-state index in [-0.39, 0.29) is 58.0 Å². The van der Waals surface area contributed by atoms with Gasteiger partial charge < -0.3 is 38.3 Å². The van der Waals surface area contributed by atoms with Crippen molar-refractivity contribution in [2.45, 2.75) is 18.9 Å². The van der Waals surface area contributed by atoms with Crippen molar-refractivity contribution in [3.63, 3.8) is 0 Å². The first kappa shape index (κ1) is 32.1. The minimum absolute atomic E-state index is 0. The van der Waals surface area contributed by atoms with Crippen LogP contribution in [0.25, 0.3) is 0 Å². The maximum atomic E-state index is 12.0.